The molecule has 27 heavy (non-hydrogen) atoms. The Labute approximate surface area is 160 Å². The SMILES string of the molecule is COc1ccccc1N1CCN([C@@H](C)C(=O)Nc2c(C)nn(C)c2C)CC1. The van der Waals surface area contributed by atoms with Crippen molar-refractivity contribution in [3.63, 3.8) is 0 Å². The summed E-state index contributed by atoms with van der Waals surface area (Å²) in [5.74, 6) is 0.902. The lowest BCUT2D eigenvalue weighted by Gasteiger charge is -2.38. The summed E-state index contributed by atoms with van der Waals surface area (Å²) in [6, 6.07) is 7.88. The first-order valence-corrected chi connectivity index (χ1v) is 9.35. The predicted octanol–water partition coefficient (Wildman–Crippen LogP) is 2.19. The van der Waals surface area contributed by atoms with E-state index in [1.54, 1.807) is 11.8 Å². The molecular weight excluding hydrogens is 342 g/mol. The van der Waals surface area contributed by atoms with E-state index in [1.807, 2.05) is 46.0 Å². The third-order valence-electron chi connectivity index (χ3n) is 5.42. The van der Waals surface area contributed by atoms with E-state index >= 15 is 0 Å². The maximum absolute atomic E-state index is 12.8. The Morgan fingerprint density at radius 1 is 1.19 bits per heavy atom. The monoisotopic (exact) mass is 371 g/mol. The van der Waals surface area contributed by atoms with Gasteiger partial charge in [-0.15, -0.1) is 0 Å². The molecule has 7 nitrogen and oxygen atoms in total. The van der Waals surface area contributed by atoms with Crippen LogP contribution in [0.4, 0.5) is 11.4 Å². The van der Waals surface area contributed by atoms with Crippen LogP contribution < -0.4 is 15.0 Å². The second-order valence-electron chi connectivity index (χ2n) is 7.03. The molecule has 1 saturated heterocycles. The number of benzene rings is 1. The van der Waals surface area contributed by atoms with E-state index in [4.69, 9.17) is 4.74 Å². The van der Waals surface area contributed by atoms with Gasteiger partial charge in [0.15, 0.2) is 0 Å². The highest BCUT2D eigenvalue weighted by Crippen LogP contribution is 2.28. The molecule has 146 valence electrons. The molecule has 1 N–H and O–H groups in total. The second kappa shape index (κ2) is 8.00. The van der Waals surface area contributed by atoms with Crippen molar-refractivity contribution in [3.05, 3.63) is 35.7 Å². The molecule has 1 amide bonds. The van der Waals surface area contributed by atoms with Gasteiger partial charge >= 0.3 is 0 Å². The number of hydrogen-bond donors (Lipinski definition) is 1. The Morgan fingerprint density at radius 3 is 2.44 bits per heavy atom. The topological polar surface area (TPSA) is 62.6 Å². The van der Waals surface area contributed by atoms with Crippen molar-refractivity contribution in [2.24, 2.45) is 7.05 Å². The quantitative estimate of drug-likeness (QED) is 0.873. The summed E-state index contributed by atoms with van der Waals surface area (Å²) in [7, 11) is 3.59. The van der Waals surface area contributed by atoms with Crippen LogP contribution in [0, 0.1) is 13.8 Å². The van der Waals surface area contributed by atoms with Gasteiger partial charge in [0.2, 0.25) is 5.91 Å². The van der Waals surface area contributed by atoms with E-state index < -0.39 is 0 Å². The molecule has 1 fully saturated rings. The minimum absolute atomic E-state index is 0.0138. The van der Waals surface area contributed by atoms with Crippen LogP contribution in [0.2, 0.25) is 0 Å². The van der Waals surface area contributed by atoms with E-state index in [1.165, 1.54) is 0 Å². The van der Waals surface area contributed by atoms with Crippen molar-refractivity contribution in [1.29, 1.82) is 0 Å². The lowest BCUT2D eigenvalue weighted by Crippen LogP contribution is -2.53. The molecule has 1 aromatic carbocycles. The standard InChI is InChI=1S/C20H29N5O2/c1-14-19(15(2)23(4)22-14)21-20(26)16(3)24-10-12-25(13-11-24)17-8-6-7-9-18(17)27-5/h6-9,16H,10-13H2,1-5H3,(H,21,26)/t16-/m0/s1. The molecule has 1 aliphatic heterocycles. The first kappa shape index (κ1) is 19.2. The second-order valence-corrected chi connectivity index (χ2v) is 7.03. The van der Waals surface area contributed by atoms with Crippen molar-refractivity contribution in [1.82, 2.24) is 14.7 Å². The molecule has 0 unspecified atom stereocenters. The van der Waals surface area contributed by atoms with Gasteiger partial charge in [-0.1, -0.05) is 12.1 Å². The minimum atomic E-state index is -0.191. The summed E-state index contributed by atoms with van der Waals surface area (Å²) in [5, 5.41) is 7.43. The van der Waals surface area contributed by atoms with Crippen LogP contribution >= 0.6 is 0 Å². The van der Waals surface area contributed by atoms with Crippen LogP contribution in [0.3, 0.4) is 0 Å². The van der Waals surface area contributed by atoms with Gasteiger partial charge < -0.3 is 15.0 Å². The van der Waals surface area contributed by atoms with Gasteiger partial charge in [0.1, 0.15) is 5.75 Å². The number of methoxy groups -OCH3 is 1. The Hall–Kier alpha value is -2.54. The van der Waals surface area contributed by atoms with Gasteiger partial charge in [0.25, 0.3) is 0 Å². The number of aromatic nitrogens is 2. The van der Waals surface area contributed by atoms with Crippen molar-refractivity contribution < 1.29 is 9.53 Å². The number of nitrogens with zero attached hydrogens (tertiary/aromatic N) is 4. The number of rotatable bonds is 5. The Bertz CT molecular complexity index is 809. The summed E-state index contributed by atoms with van der Waals surface area (Å²) in [4.78, 5) is 17.3. The van der Waals surface area contributed by atoms with E-state index in [2.05, 4.69) is 26.3 Å². The molecule has 3 rings (SSSR count). The maximum Gasteiger partial charge on any atom is 0.241 e. The van der Waals surface area contributed by atoms with Gasteiger partial charge in [0, 0.05) is 33.2 Å². The third-order valence-corrected chi connectivity index (χ3v) is 5.42. The molecule has 1 aliphatic rings. The highest BCUT2D eigenvalue weighted by atomic mass is 16.5. The molecule has 0 bridgehead atoms. The highest BCUT2D eigenvalue weighted by molar-refractivity contribution is 5.95. The van der Waals surface area contributed by atoms with Crippen molar-refractivity contribution in [2.45, 2.75) is 26.8 Å². The largest absolute Gasteiger partial charge is 0.495 e. The number of amides is 1. The van der Waals surface area contributed by atoms with E-state index in [0.717, 1.165) is 54.7 Å². The number of carbonyl (C=O) groups excluding carboxylic acids is 1. The first-order chi connectivity index (χ1) is 12.9. The summed E-state index contributed by atoms with van der Waals surface area (Å²) in [5.41, 5.74) is 3.74. The van der Waals surface area contributed by atoms with Crippen LogP contribution in [0.1, 0.15) is 18.3 Å². The van der Waals surface area contributed by atoms with Gasteiger partial charge in [-0.2, -0.15) is 5.10 Å². The van der Waals surface area contributed by atoms with Gasteiger partial charge in [-0.05, 0) is 32.9 Å². The molecular formula is C20H29N5O2. The van der Waals surface area contributed by atoms with Crippen LogP contribution in [-0.4, -0.2) is 59.9 Å². The Kier molecular flexibility index (Phi) is 5.70. The number of carbonyl (C=O) groups is 1. The minimum Gasteiger partial charge on any atom is -0.495 e. The molecule has 1 atom stereocenters. The fourth-order valence-corrected chi connectivity index (χ4v) is 3.59. The third kappa shape index (κ3) is 3.93. The lowest BCUT2D eigenvalue weighted by atomic mass is 10.2. The average molecular weight is 371 g/mol. The average Bonchev–Trinajstić information content (AvgIpc) is 2.93. The predicted molar refractivity (Wildman–Crippen MR) is 108 cm³/mol. The van der Waals surface area contributed by atoms with Crippen molar-refractivity contribution in [2.75, 3.05) is 43.5 Å². The van der Waals surface area contributed by atoms with E-state index in [0.29, 0.717) is 0 Å². The van der Waals surface area contributed by atoms with Gasteiger partial charge in [-0.3, -0.25) is 14.4 Å². The normalized spacial score (nSPS) is 16.3. The molecule has 0 spiro atoms. The summed E-state index contributed by atoms with van der Waals surface area (Å²) >= 11 is 0. The fraction of sp³-hybridized carbons (Fsp3) is 0.500. The Morgan fingerprint density at radius 2 is 1.85 bits per heavy atom. The first-order valence-electron chi connectivity index (χ1n) is 9.35. The molecule has 1 aromatic heterocycles. The van der Waals surface area contributed by atoms with Crippen LogP contribution in [0.5, 0.6) is 5.75 Å². The molecule has 0 aliphatic carbocycles. The summed E-state index contributed by atoms with van der Waals surface area (Å²) in [6.07, 6.45) is 0. The van der Waals surface area contributed by atoms with E-state index in [-0.39, 0.29) is 11.9 Å². The lowest BCUT2D eigenvalue weighted by molar-refractivity contribution is -0.120. The smallest absolute Gasteiger partial charge is 0.241 e. The Balaban J connectivity index is 1.61. The van der Waals surface area contributed by atoms with Gasteiger partial charge in [0.05, 0.1) is 35.9 Å². The van der Waals surface area contributed by atoms with Gasteiger partial charge in [-0.25, -0.2) is 0 Å². The number of hydrogen-bond acceptors (Lipinski definition) is 5. The van der Waals surface area contributed by atoms with Crippen LogP contribution in [-0.2, 0) is 11.8 Å². The van der Waals surface area contributed by atoms with Crippen LogP contribution in [0.15, 0.2) is 24.3 Å². The number of nitrogens with one attached hydrogen (secondary N) is 1. The van der Waals surface area contributed by atoms with Crippen LogP contribution in [0.25, 0.3) is 0 Å². The maximum atomic E-state index is 12.8. The highest BCUT2D eigenvalue weighted by Gasteiger charge is 2.27. The van der Waals surface area contributed by atoms with Crippen molar-refractivity contribution in [3.8, 4) is 5.75 Å². The summed E-state index contributed by atoms with van der Waals surface area (Å²) in [6.45, 7) is 9.24. The molecule has 0 saturated carbocycles. The number of anilines is 2. The molecule has 0 radical (unpaired) electrons. The number of aryl methyl sites for hydroxylation is 2. The zero-order valence-corrected chi connectivity index (χ0v) is 16.8. The number of para-hydroxylation sites is 2. The molecule has 7 heteroatoms. The van der Waals surface area contributed by atoms with E-state index in [9.17, 15) is 4.79 Å². The van der Waals surface area contributed by atoms with Crippen molar-refractivity contribution >= 4 is 17.3 Å². The summed E-state index contributed by atoms with van der Waals surface area (Å²) < 4.78 is 7.27. The zero-order valence-electron chi connectivity index (χ0n) is 16.8. The zero-order chi connectivity index (χ0) is 19.6. The number of ether oxygens (including phenoxy) is 1. The molecule has 2 heterocycles. The molecule has 2 aromatic rings. The fourth-order valence-electron chi connectivity index (χ4n) is 3.59. The number of piperazine rings is 1.